The van der Waals surface area contributed by atoms with Gasteiger partial charge in [0, 0.05) is 6.20 Å². The summed E-state index contributed by atoms with van der Waals surface area (Å²) in [5.41, 5.74) is 3.11. The Labute approximate surface area is 185 Å². The number of aromatic nitrogens is 3. The van der Waals surface area contributed by atoms with Crippen LogP contribution in [0.1, 0.15) is 16.8 Å². The second kappa shape index (κ2) is 9.66. The molecular weight excluding hydrogens is 402 g/mol. The topological polar surface area (TPSA) is 74.1 Å². The normalized spacial score (nSPS) is 11.4. The molecule has 4 aromatic rings. The zero-order chi connectivity index (χ0) is 22.3. The number of hydrogen-bond donors (Lipinski definition) is 0. The van der Waals surface area contributed by atoms with Crippen molar-refractivity contribution in [2.24, 2.45) is 0 Å². The highest BCUT2D eigenvalue weighted by molar-refractivity contribution is 6.04. The van der Waals surface area contributed by atoms with Gasteiger partial charge >= 0.3 is 0 Å². The van der Waals surface area contributed by atoms with E-state index in [1.165, 1.54) is 23.0 Å². The summed E-state index contributed by atoms with van der Waals surface area (Å²) >= 11 is 0. The maximum atomic E-state index is 12.6. The van der Waals surface area contributed by atoms with E-state index in [2.05, 4.69) is 9.97 Å². The molecule has 0 spiro atoms. The number of aryl methyl sites for hydroxylation is 1. The molecule has 0 radical (unpaired) electrons. The number of para-hydroxylation sites is 1. The fourth-order valence-corrected chi connectivity index (χ4v) is 3.12. The molecule has 0 atom stereocenters. The van der Waals surface area contributed by atoms with E-state index in [4.69, 9.17) is 4.74 Å². The third kappa shape index (κ3) is 5.05. The predicted octanol–water partition coefficient (Wildman–Crippen LogP) is 4.43. The van der Waals surface area contributed by atoms with Gasteiger partial charge in [0.2, 0.25) is 0 Å². The van der Waals surface area contributed by atoms with Gasteiger partial charge in [0.1, 0.15) is 12.1 Å². The Morgan fingerprint density at radius 3 is 2.56 bits per heavy atom. The average molecular weight is 423 g/mol. The summed E-state index contributed by atoms with van der Waals surface area (Å²) in [6, 6.07) is 18.3. The molecule has 0 saturated carbocycles. The summed E-state index contributed by atoms with van der Waals surface area (Å²) in [7, 11) is 0. The molecule has 2 aromatic heterocycles. The number of ketones is 1. The molecule has 4 rings (SSSR count). The van der Waals surface area contributed by atoms with Crippen LogP contribution in [0.5, 0.6) is 5.75 Å². The summed E-state index contributed by atoms with van der Waals surface area (Å²) in [6.45, 7) is 1.98. The van der Waals surface area contributed by atoms with Gasteiger partial charge in [0.25, 0.3) is 5.56 Å². The first-order valence-electron chi connectivity index (χ1n) is 10.1. The number of ether oxygens (including phenoxy) is 1. The van der Waals surface area contributed by atoms with Crippen molar-refractivity contribution in [1.82, 2.24) is 14.5 Å². The largest absolute Gasteiger partial charge is 0.473 e. The van der Waals surface area contributed by atoms with Crippen LogP contribution in [0.15, 0.2) is 90.1 Å². The summed E-state index contributed by atoms with van der Waals surface area (Å²) in [6.07, 6.45) is 9.56. The molecule has 0 aliphatic carbocycles. The van der Waals surface area contributed by atoms with Gasteiger partial charge < -0.3 is 4.74 Å². The van der Waals surface area contributed by atoms with E-state index in [1.54, 1.807) is 36.5 Å². The Balaban J connectivity index is 1.37. The van der Waals surface area contributed by atoms with Gasteiger partial charge in [0.15, 0.2) is 12.5 Å². The fourth-order valence-electron chi connectivity index (χ4n) is 3.12. The van der Waals surface area contributed by atoms with Crippen LogP contribution in [0, 0.1) is 6.92 Å². The van der Waals surface area contributed by atoms with Gasteiger partial charge in [-0.25, -0.2) is 4.98 Å². The van der Waals surface area contributed by atoms with Gasteiger partial charge in [-0.3, -0.25) is 19.1 Å². The molecule has 0 N–H and O–H groups in total. The minimum atomic E-state index is -0.143. The maximum Gasteiger partial charge on any atom is 0.263 e. The van der Waals surface area contributed by atoms with Crippen molar-refractivity contribution in [3.8, 4) is 5.75 Å². The highest BCUT2D eigenvalue weighted by Crippen LogP contribution is 2.15. The molecule has 158 valence electrons. The van der Waals surface area contributed by atoms with Crippen LogP contribution in [0.4, 0.5) is 0 Å². The Morgan fingerprint density at radius 1 is 0.969 bits per heavy atom. The minimum absolute atomic E-state index is 0.0572. The SMILES string of the molecule is Cc1cccc2c(=O)n(COc3ccc(/C=C/C(=O)/C=C/c4ccccn4)cc3)cnc12. The van der Waals surface area contributed by atoms with Gasteiger partial charge in [-0.15, -0.1) is 0 Å². The van der Waals surface area contributed by atoms with Gasteiger partial charge in [-0.2, -0.15) is 0 Å². The maximum absolute atomic E-state index is 12.6. The molecule has 0 unspecified atom stereocenters. The molecule has 6 heteroatoms. The fraction of sp³-hybridized carbons (Fsp3) is 0.0769. The quantitative estimate of drug-likeness (QED) is 0.411. The highest BCUT2D eigenvalue weighted by atomic mass is 16.5. The van der Waals surface area contributed by atoms with Gasteiger partial charge in [0.05, 0.1) is 16.6 Å². The first kappa shape index (κ1) is 20.9. The predicted molar refractivity (Wildman–Crippen MR) is 125 cm³/mol. The second-order valence-corrected chi connectivity index (χ2v) is 7.16. The number of nitrogens with zero attached hydrogens (tertiary/aromatic N) is 3. The third-order valence-electron chi connectivity index (χ3n) is 4.85. The molecule has 0 bridgehead atoms. The lowest BCUT2D eigenvalue weighted by molar-refractivity contribution is -0.110. The van der Waals surface area contributed by atoms with E-state index < -0.39 is 0 Å². The van der Waals surface area contributed by atoms with Crippen molar-refractivity contribution in [2.75, 3.05) is 0 Å². The zero-order valence-corrected chi connectivity index (χ0v) is 17.5. The highest BCUT2D eigenvalue weighted by Gasteiger charge is 2.06. The van der Waals surface area contributed by atoms with E-state index in [0.29, 0.717) is 16.7 Å². The summed E-state index contributed by atoms with van der Waals surface area (Å²) in [5, 5.41) is 0.568. The molecule has 6 nitrogen and oxygen atoms in total. The van der Waals surface area contributed by atoms with Crippen LogP contribution in [0.2, 0.25) is 0 Å². The molecule has 0 amide bonds. The number of allylic oxidation sites excluding steroid dienone is 2. The monoisotopic (exact) mass is 423 g/mol. The van der Waals surface area contributed by atoms with Crippen LogP contribution >= 0.6 is 0 Å². The Morgan fingerprint density at radius 2 is 1.78 bits per heavy atom. The number of pyridine rings is 1. The standard InChI is InChI=1S/C26H21N3O3/c1-19-5-4-7-24-25(19)28-17-29(26(24)31)18-32-23-14-9-20(10-15-23)8-12-22(30)13-11-21-6-2-3-16-27-21/h2-17H,18H2,1H3/b12-8+,13-11+. The Kier molecular flexibility index (Phi) is 6.32. The summed E-state index contributed by atoms with van der Waals surface area (Å²) < 4.78 is 7.17. The lowest BCUT2D eigenvalue weighted by atomic mass is 10.1. The molecule has 0 fully saturated rings. The zero-order valence-electron chi connectivity index (χ0n) is 17.5. The number of rotatable bonds is 7. The third-order valence-corrected chi connectivity index (χ3v) is 4.85. The van der Waals surface area contributed by atoms with E-state index >= 15 is 0 Å². The smallest absolute Gasteiger partial charge is 0.263 e. The van der Waals surface area contributed by atoms with Gasteiger partial charge in [-0.1, -0.05) is 36.4 Å². The van der Waals surface area contributed by atoms with Crippen molar-refractivity contribution in [3.05, 3.63) is 113 Å². The first-order chi connectivity index (χ1) is 15.6. The van der Waals surface area contributed by atoms with Crippen LogP contribution in [-0.4, -0.2) is 20.3 Å². The molecule has 0 aliphatic heterocycles. The van der Waals surface area contributed by atoms with Crippen molar-refractivity contribution in [3.63, 3.8) is 0 Å². The average Bonchev–Trinajstić information content (AvgIpc) is 2.83. The van der Waals surface area contributed by atoms with E-state index in [9.17, 15) is 9.59 Å². The lowest BCUT2D eigenvalue weighted by Gasteiger charge is -2.10. The number of hydrogen-bond acceptors (Lipinski definition) is 5. The first-order valence-corrected chi connectivity index (χ1v) is 10.1. The molecular formula is C26H21N3O3. The van der Waals surface area contributed by atoms with Crippen molar-refractivity contribution < 1.29 is 9.53 Å². The minimum Gasteiger partial charge on any atom is -0.473 e. The Bertz CT molecular complexity index is 1350. The van der Waals surface area contributed by atoms with Crippen molar-refractivity contribution >= 4 is 28.8 Å². The van der Waals surface area contributed by atoms with Crippen LogP contribution in [0.3, 0.4) is 0 Å². The number of carbonyl (C=O) groups excluding carboxylic acids is 1. The lowest BCUT2D eigenvalue weighted by Crippen LogP contribution is -2.23. The van der Waals surface area contributed by atoms with Gasteiger partial charge in [-0.05, 0) is 66.6 Å². The number of fused-ring (bicyclic) bond motifs is 1. The number of benzene rings is 2. The van der Waals surface area contributed by atoms with E-state index in [0.717, 1.165) is 16.8 Å². The molecule has 2 aromatic carbocycles. The molecule has 0 saturated heterocycles. The Hall–Kier alpha value is -4.32. The van der Waals surface area contributed by atoms with Crippen LogP contribution in [-0.2, 0) is 11.5 Å². The molecule has 2 heterocycles. The summed E-state index contributed by atoms with van der Waals surface area (Å²) in [5.74, 6) is 0.481. The van der Waals surface area contributed by atoms with E-state index in [1.807, 2.05) is 49.4 Å². The summed E-state index contributed by atoms with van der Waals surface area (Å²) in [4.78, 5) is 33.2. The molecule has 0 aliphatic rings. The molecule has 32 heavy (non-hydrogen) atoms. The van der Waals surface area contributed by atoms with Crippen LogP contribution < -0.4 is 10.3 Å². The van der Waals surface area contributed by atoms with E-state index in [-0.39, 0.29) is 18.1 Å². The number of carbonyl (C=O) groups is 1. The van der Waals surface area contributed by atoms with Crippen molar-refractivity contribution in [2.45, 2.75) is 13.7 Å². The second-order valence-electron chi connectivity index (χ2n) is 7.16. The van der Waals surface area contributed by atoms with Crippen molar-refractivity contribution in [1.29, 1.82) is 0 Å². The van der Waals surface area contributed by atoms with Crippen LogP contribution in [0.25, 0.3) is 23.1 Å².